The molecule has 0 bridgehead atoms. The summed E-state index contributed by atoms with van der Waals surface area (Å²) < 4.78 is 39.1. The van der Waals surface area contributed by atoms with Gasteiger partial charge in [0.25, 0.3) is 0 Å². The Morgan fingerprint density at radius 1 is 1.30 bits per heavy atom. The summed E-state index contributed by atoms with van der Waals surface area (Å²) >= 11 is 1.44. The number of amides is 1. The second-order valence-corrected chi connectivity index (χ2v) is 8.53. The van der Waals surface area contributed by atoms with E-state index in [0.717, 1.165) is 42.5 Å². The van der Waals surface area contributed by atoms with Crippen LogP contribution in [-0.4, -0.2) is 36.1 Å². The maximum absolute atomic E-state index is 13.0. The molecule has 1 amide bonds. The molecule has 1 fully saturated rings. The lowest BCUT2D eigenvalue weighted by molar-refractivity contribution is -0.188. The molecule has 1 aromatic heterocycles. The van der Waals surface area contributed by atoms with Crippen LogP contribution < -0.4 is 5.32 Å². The van der Waals surface area contributed by atoms with E-state index >= 15 is 0 Å². The molecule has 0 aromatic carbocycles. The standard InChI is InChI=1S/C19H24F3N3OS/c1-12(25-9-5-6-13(11-25)19(20,21)22)17(26)24-18-15(10-23)14-7-3-2-4-8-16(14)27-18/h12-13H,2-9,11H2,1H3,(H,24,26). The van der Waals surface area contributed by atoms with Crippen LogP contribution >= 0.6 is 11.3 Å². The van der Waals surface area contributed by atoms with E-state index in [1.807, 2.05) is 0 Å². The van der Waals surface area contributed by atoms with Gasteiger partial charge in [0, 0.05) is 11.4 Å². The predicted molar refractivity (Wildman–Crippen MR) is 98.7 cm³/mol. The number of carbonyl (C=O) groups is 1. The summed E-state index contributed by atoms with van der Waals surface area (Å²) in [7, 11) is 0. The molecule has 4 nitrogen and oxygen atoms in total. The first-order chi connectivity index (χ1) is 12.8. The lowest BCUT2D eigenvalue weighted by atomic mass is 9.96. The molecule has 1 N–H and O–H groups in total. The quantitative estimate of drug-likeness (QED) is 0.762. The minimum Gasteiger partial charge on any atom is -0.315 e. The van der Waals surface area contributed by atoms with E-state index < -0.39 is 18.1 Å². The van der Waals surface area contributed by atoms with E-state index in [1.54, 1.807) is 11.8 Å². The van der Waals surface area contributed by atoms with Crippen LogP contribution in [0.2, 0.25) is 0 Å². The SMILES string of the molecule is CC(C(=O)Nc1sc2c(c1C#N)CCCCC2)N1CCCC(C(F)(F)F)C1. The molecule has 8 heteroatoms. The molecule has 1 saturated heterocycles. The van der Waals surface area contributed by atoms with Crippen molar-refractivity contribution in [3.8, 4) is 6.07 Å². The molecular weight excluding hydrogens is 375 g/mol. The number of nitrogens with one attached hydrogen (secondary N) is 1. The number of thiophene rings is 1. The van der Waals surface area contributed by atoms with E-state index in [9.17, 15) is 23.2 Å². The average Bonchev–Trinajstić information content (AvgIpc) is 2.79. The zero-order valence-electron chi connectivity index (χ0n) is 15.4. The van der Waals surface area contributed by atoms with Crippen LogP contribution in [0.3, 0.4) is 0 Å². The minimum atomic E-state index is -4.23. The third-order valence-corrected chi connectivity index (χ3v) is 6.82. The Hall–Kier alpha value is -1.59. The van der Waals surface area contributed by atoms with Gasteiger partial charge in [-0.05, 0) is 57.6 Å². The molecule has 0 saturated carbocycles. The van der Waals surface area contributed by atoms with Crippen LogP contribution in [0.4, 0.5) is 18.2 Å². The fraction of sp³-hybridized carbons (Fsp3) is 0.684. The summed E-state index contributed by atoms with van der Waals surface area (Å²) in [6.45, 7) is 1.97. The van der Waals surface area contributed by atoms with E-state index in [0.29, 0.717) is 23.5 Å². The molecule has 2 unspecified atom stereocenters. The summed E-state index contributed by atoms with van der Waals surface area (Å²) in [4.78, 5) is 15.4. The lowest BCUT2D eigenvalue weighted by Crippen LogP contribution is -2.49. The second-order valence-electron chi connectivity index (χ2n) is 7.42. The van der Waals surface area contributed by atoms with E-state index in [2.05, 4.69) is 11.4 Å². The molecule has 3 rings (SSSR count). The van der Waals surface area contributed by atoms with Crippen LogP contribution in [0.1, 0.15) is 55.0 Å². The Labute approximate surface area is 161 Å². The summed E-state index contributed by atoms with van der Waals surface area (Å²) in [5.74, 6) is -1.72. The van der Waals surface area contributed by atoms with E-state index in [4.69, 9.17) is 0 Å². The fourth-order valence-corrected chi connectivity index (χ4v) is 5.20. The minimum absolute atomic E-state index is 0.116. The second kappa shape index (κ2) is 8.19. The van der Waals surface area contributed by atoms with Crippen molar-refractivity contribution >= 4 is 22.2 Å². The Balaban J connectivity index is 1.71. The molecule has 1 aliphatic carbocycles. The molecule has 148 valence electrons. The van der Waals surface area contributed by atoms with Crippen molar-refractivity contribution in [2.75, 3.05) is 18.4 Å². The summed E-state index contributed by atoms with van der Waals surface area (Å²) in [6, 6.07) is 1.55. The number of carbonyl (C=O) groups excluding carboxylic acids is 1. The number of likely N-dealkylation sites (tertiary alicyclic amines) is 1. The molecule has 1 aromatic rings. The molecule has 2 atom stereocenters. The topological polar surface area (TPSA) is 56.1 Å². The highest BCUT2D eigenvalue weighted by molar-refractivity contribution is 7.16. The molecule has 2 aliphatic rings. The monoisotopic (exact) mass is 399 g/mol. The number of nitriles is 1. The van der Waals surface area contributed by atoms with Crippen LogP contribution in [0.5, 0.6) is 0 Å². The van der Waals surface area contributed by atoms with Crippen molar-refractivity contribution in [3.05, 3.63) is 16.0 Å². The van der Waals surface area contributed by atoms with Gasteiger partial charge in [-0.2, -0.15) is 18.4 Å². The van der Waals surface area contributed by atoms with Crippen molar-refractivity contribution in [3.63, 3.8) is 0 Å². The molecular formula is C19H24F3N3OS. The van der Waals surface area contributed by atoms with Gasteiger partial charge in [0.2, 0.25) is 5.91 Å². The molecule has 27 heavy (non-hydrogen) atoms. The molecule has 0 radical (unpaired) electrons. The van der Waals surface area contributed by atoms with Crippen molar-refractivity contribution in [2.45, 2.75) is 64.1 Å². The molecule has 0 spiro atoms. The smallest absolute Gasteiger partial charge is 0.315 e. The van der Waals surface area contributed by atoms with Gasteiger partial charge >= 0.3 is 6.18 Å². The van der Waals surface area contributed by atoms with Gasteiger partial charge in [-0.25, -0.2) is 0 Å². The summed E-state index contributed by atoms with van der Waals surface area (Å²) in [5, 5.41) is 12.9. The van der Waals surface area contributed by atoms with Crippen LogP contribution in [0.15, 0.2) is 0 Å². The van der Waals surface area contributed by atoms with E-state index in [1.165, 1.54) is 11.3 Å². The first-order valence-electron chi connectivity index (χ1n) is 9.47. The highest BCUT2D eigenvalue weighted by Crippen LogP contribution is 2.37. The number of anilines is 1. The normalized spacial score (nSPS) is 22.4. The van der Waals surface area contributed by atoms with Gasteiger partial charge in [-0.15, -0.1) is 11.3 Å². The lowest BCUT2D eigenvalue weighted by Gasteiger charge is -2.36. The van der Waals surface area contributed by atoms with Crippen molar-refractivity contribution in [1.29, 1.82) is 5.26 Å². The van der Waals surface area contributed by atoms with Gasteiger partial charge in [-0.1, -0.05) is 6.42 Å². The zero-order valence-corrected chi connectivity index (χ0v) is 16.2. The first-order valence-corrected chi connectivity index (χ1v) is 10.3. The molecule has 2 heterocycles. The molecule has 1 aliphatic heterocycles. The first kappa shape index (κ1) is 20.2. The largest absolute Gasteiger partial charge is 0.393 e. The highest BCUT2D eigenvalue weighted by atomic mass is 32.1. The van der Waals surface area contributed by atoms with Gasteiger partial charge in [0.1, 0.15) is 11.1 Å². The number of halogens is 3. The third kappa shape index (κ3) is 4.46. The number of nitrogens with zero attached hydrogens (tertiary/aromatic N) is 2. The number of fused-ring (bicyclic) bond motifs is 1. The van der Waals surface area contributed by atoms with Gasteiger partial charge in [-0.3, -0.25) is 9.69 Å². The Bertz CT molecular complexity index is 738. The number of aryl methyl sites for hydroxylation is 1. The Kier molecular flexibility index (Phi) is 6.11. The van der Waals surface area contributed by atoms with Crippen LogP contribution in [0.25, 0.3) is 0 Å². The highest BCUT2D eigenvalue weighted by Gasteiger charge is 2.43. The van der Waals surface area contributed by atoms with Crippen molar-refractivity contribution in [2.24, 2.45) is 5.92 Å². The van der Waals surface area contributed by atoms with Gasteiger partial charge in [0.05, 0.1) is 17.5 Å². The predicted octanol–water partition coefficient (Wildman–Crippen LogP) is 4.49. The maximum atomic E-state index is 13.0. The van der Waals surface area contributed by atoms with Crippen LogP contribution in [0, 0.1) is 17.2 Å². The Morgan fingerprint density at radius 2 is 2.04 bits per heavy atom. The summed E-state index contributed by atoms with van der Waals surface area (Å²) in [5.41, 5.74) is 1.57. The van der Waals surface area contributed by atoms with Gasteiger partial charge < -0.3 is 5.32 Å². The average molecular weight is 399 g/mol. The fourth-order valence-electron chi connectivity index (χ4n) is 3.96. The van der Waals surface area contributed by atoms with Crippen LogP contribution in [-0.2, 0) is 17.6 Å². The third-order valence-electron chi connectivity index (χ3n) is 5.61. The zero-order chi connectivity index (χ0) is 19.6. The summed E-state index contributed by atoms with van der Waals surface area (Å²) in [6.07, 6.45) is 1.33. The van der Waals surface area contributed by atoms with Crippen molar-refractivity contribution < 1.29 is 18.0 Å². The number of hydrogen-bond acceptors (Lipinski definition) is 4. The number of rotatable bonds is 3. The number of piperidine rings is 1. The maximum Gasteiger partial charge on any atom is 0.393 e. The van der Waals surface area contributed by atoms with E-state index in [-0.39, 0.29) is 18.9 Å². The van der Waals surface area contributed by atoms with Crippen molar-refractivity contribution in [1.82, 2.24) is 4.90 Å². The Morgan fingerprint density at radius 3 is 2.74 bits per heavy atom. The number of hydrogen-bond donors (Lipinski definition) is 1. The number of alkyl halides is 3. The van der Waals surface area contributed by atoms with Gasteiger partial charge in [0.15, 0.2) is 0 Å².